The van der Waals surface area contributed by atoms with Crippen LogP contribution >= 0.6 is 0 Å². The predicted octanol–water partition coefficient (Wildman–Crippen LogP) is 2.47. The highest BCUT2D eigenvalue weighted by atomic mass is 16.8. The van der Waals surface area contributed by atoms with Gasteiger partial charge in [-0.3, -0.25) is 9.59 Å². The maximum Gasteiger partial charge on any atom is 0.315 e. The molecule has 0 amide bonds. The zero-order valence-corrected chi connectivity index (χ0v) is 33.9. The second-order valence-corrected chi connectivity index (χ2v) is 20.1. The van der Waals surface area contributed by atoms with E-state index in [4.69, 9.17) is 18.9 Å². The molecule has 0 aromatic rings. The van der Waals surface area contributed by atoms with Gasteiger partial charge in [0.1, 0.15) is 24.4 Å². The minimum atomic E-state index is -1.70. The molecule has 0 unspecified atom stereocenters. The lowest BCUT2D eigenvalue weighted by Crippen LogP contribution is -2.68. The normalized spacial score (nSPS) is 54.0. The van der Waals surface area contributed by atoms with Crippen LogP contribution in [0.3, 0.4) is 0 Å². The van der Waals surface area contributed by atoms with E-state index >= 15 is 0 Å². The fourth-order valence-corrected chi connectivity index (χ4v) is 13.8. The van der Waals surface area contributed by atoms with E-state index in [9.17, 15) is 50.4 Å². The molecule has 7 rings (SSSR count). The van der Waals surface area contributed by atoms with Crippen molar-refractivity contribution < 1.29 is 69.4 Å². The third kappa shape index (κ3) is 5.93. The van der Waals surface area contributed by atoms with Crippen molar-refractivity contribution in [3.8, 4) is 0 Å². The Kier molecular flexibility index (Phi) is 11.0. The van der Waals surface area contributed by atoms with Gasteiger partial charge in [0.25, 0.3) is 0 Å². The molecular formula is C42H66O14. The van der Waals surface area contributed by atoms with Gasteiger partial charge in [-0.25, -0.2) is 0 Å². The number of aliphatic carboxylic acids is 1. The number of aliphatic hydroxyl groups is 7. The number of carboxylic acids is 1. The van der Waals surface area contributed by atoms with Crippen molar-refractivity contribution in [2.24, 2.45) is 62.6 Å². The Morgan fingerprint density at radius 1 is 0.821 bits per heavy atom. The number of carboxylic acid groups (broad SMARTS) is 1. The molecule has 2 saturated heterocycles. The molecule has 6 fully saturated rings. The van der Waals surface area contributed by atoms with Crippen molar-refractivity contribution in [2.75, 3.05) is 6.61 Å². The summed E-state index contributed by atoms with van der Waals surface area (Å²) in [6.45, 7) is 14.0. The van der Waals surface area contributed by atoms with Crippen LogP contribution in [-0.2, 0) is 28.5 Å². The molecule has 20 atom stereocenters. The van der Waals surface area contributed by atoms with Crippen LogP contribution in [0.25, 0.3) is 0 Å². The molecule has 0 aromatic carbocycles. The first-order chi connectivity index (χ1) is 26.1. The van der Waals surface area contributed by atoms with Crippen LogP contribution in [0.5, 0.6) is 0 Å². The Morgan fingerprint density at radius 2 is 1.50 bits per heavy atom. The highest BCUT2D eigenvalue weighted by Crippen LogP contribution is 2.76. The maximum absolute atomic E-state index is 14.6. The van der Waals surface area contributed by atoms with Crippen molar-refractivity contribution >= 4 is 11.9 Å². The summed E-state index contributed by atoms with van der Waals surface area (Å²) in [7, 11) is 0. The van der Waals surface area contributed by atoms with Gasteiger partial charge < -0.3 is 59.8 Å². The lowest BCUT2D eigenvalue weighted by molar-refractivity contribution is -0.327. The van der Waals surface area contributed by atoms with Crippen LogP contribution in [0.1, 0.15) is 106 Å². The first kappa shape index (κ1) is 42.4. The highest BCUT2D eigenvalue weighted by molar-refractivity contribution is 5.84. The molecule has 0 bridgehead atoms. The first-order valence-electron chi connectivity index (χ1n) is 20.9. The summed E-state index contributed by atoms with van der Waals surface area (Å²) in [5.41, 5.74) is -2.99. The number of allylic oxidation sites excluding steroid dienone is 1. The van der Waals surface area contributed by atoms with Crippen LogP contribution < -0.4 is 0 Å². The second kappa shape index (κ2) is 14.5. The number of ether oxygens (including phenoxy) is 4. The van der Waals surface area contributed by atoms with Gasteiger partial charge in [-0.1, -0.05) is 53.2 Å². The van der Waals surface area contributed by atoms with Gasteiger partial charge in [0.05, 0.1) is 41.7 Å². The number of carbonyl (C=O) groups excluding carboxylic acids is 1. The number of aliphatic hydroxyl groups excluding tert-OH is 7. The van der Waals surface area contributed by atoms with Crippen LogP contribution in [-0.4, -0.2) is 121 Å². The Labute approximate surface area is 329 Å². The largest absolute Gasteiger partial charge is 0.481 e. The molecule has 4 saturated carbocycles. The van der Waals surface area contributed by atoms with Gasteiger partial charge in [0.15, 0.2) is 12.6 Å². The van der Waals surface area contributed by atoms with Crippen LogP contribution in [0.15, 0.2) is 11.6 Å². The number of esters is 1. The summed E-state index contributed by atoms with van der Waals surface area (Å²) in [5.74, 6) is -2.79. The number of hydrogen-bond acceptors (Lipinski definition) is 13. The van der Waals surface area contributed by atoms with Gasteiger partial charge in [-0.05, 0) is 111 Å². The SMILES string of the molecule is C[C@H]1[C@H](C)CC[C@]2(C(=O)O[C@@H]3O[C@@H](O)[C@@H](CO)[C@H](O)[C@@H]3O)CC3=CC[C@H]4[C@@]5(C)CC[C@@H](O[C@@H]6O[C@H](C)[C@H](O)[C@@H](O)[C@@H]6O)C(C)(C)[C@H]5CC[C@@]4(C)[C@]3(C(=O)O)C[C@H]12. The average Bonchev–Trinajstić information content (AvgIpc) is 3.13. The second-order valence-electron chi connectivity index (χ2n) is 20.1. The smallest absolute Gasteiger partial charge is 0.315 e. The van der Waals surface area contributed by atoms with Crippen molar-refractivity contribution in [2.45, 2.75) is 168 Å². The topological polar surface area (TPSA) is 233 Å². The van der Waals surface area contributed by atoms with Crippen LogP contribution in [0.2, 0.25) is 0 Å². The van der Waals surface area contributed by atoms with E-state index in [1.165, 1.54) is 0 Å². The zero-order valence-electron chi connectivity index (χ0n) is 33.9. The van der Waals surface area contributed by atoms with E-state index in [-0.39, 0.29) is 54.0 Å². The molecule has 56 heavy (non-hydrogen) atoms. The summed E-state index contributed by atoms with van der Waals surface area (Å²) in [6.07, 6.45) is -5.74. The summed E-state index contributed by atoms with van der Waals surface area (Å²) < 4.78 is 23.7. The van der Waals surface area contributed by atoms with E-state index in [1.807, 2.05) is 0 Å². The van der Waals surface area contributed by atoms with Gasteiger partial charge in [-0.2, -0.15) is 0 Å². The summed E-state index contributed by atoms with van der Waals surface area (Å²) in [4.78, 5) is 28.8. The van der Waals surface area contributed by atoms with E-state index in [0.29, 0.717) is 32.1 Å². The van der Waals surface area contributed by atoms with E-state index in [0.717, 1.165) is 18.4 Å². The lowest BCUT2D eigenvalue weighted by Gasteiger charge is -2.70. The molecule has 0 aromatic heterocycles. The molecule has 2 heterocycles. The molecular weight excluding hydrogens is 728 g/mol. The summed E-state index contributed by atoms with van der Waals surface area (Å²) in [5, 5.41) is 84.7. The zero-order chi connectivity index (χ0) is 41.1. The summed E-state index contributed by atoms with van der Waals surface area (Å²) >= 11 is 0. The standard InChI is InChI=1S/C42H66O14/c1-19-10-15-41(37(52)56-35-31(47)29(45)23(18-43)33(49)55-35)16-22-8-9-26-39(6)13-12-27(54-34-32(48)30(46)28(44)21(3)53-34)38(4,5)25(39)11-14-40(26,7)42(22,36(50)51)17-24(41)20(19)2/h8,19-21,23-35,43-49H,9-18H2,1-7H3,(H,50,51)/t19-,20+,21-,23+,24-,25-,26+,27-,28+,29+,30-,31+,32+,33-,34+,35+,39+,40-,41+,42-/m1/s1. The van der Waals surface area contributed by atoms with Gasteiger partial charge in [0, 0.05) is 0 Å². The fraction of sp³-hybridized carbons (Fsp3) is 0.905. The van der Waals surface area contributed by atoms with Gasteiger partial charge >= 0.3 is 11.9 Å². The molecule has 0 spiro atoms. The summed E-state index contributed by atoms with van der Waals surface area (Å²) in [6, 6.07) is 0. The Morgan fingerprint density at radius 3 is 2.16 bits per heavy atom. The van der Waals surface area contributed by atoms with Crippen molar-refractivity contribution in [3.63, 3.8) is 0 Å². The maximum atomic E-state index is 14.6. The van der Waals surface area contributed by atoms with Crippen LogP contribution in [0, 0.1) is 62.6 Å². The first-order valence-corrected chi connectivity index (χ1v) is 20.9. The molecule has 2 aliphatic heterocycles. The minimum absolute atomic E-state index is 0.00802. The lowest BCUT2D eigenvalue weighted by atomic mass is 9.33. The molecule has 14 nitrogen and oxygen atoms in total. The average molecular weight is 795 g/mol. The molecule has 14 heteroatoms. The highest BCUT2D eigenvalue weighted by Gasteiger charge is 2.73. The van der Waals surface area contributed by atoms with Gasteiger partial charge in [0.2, 0.25) is 6.29 Å². The molecule has 5 aliphatic carbocycles. The third-order valence-electron chi connectivity index (χ3n) is 17.4. The monoisotopic (exact) mass is 794 g/mol. The van der Waals surface area contributed by atoms with Gasteiger partial charge in [-0.15, -0.1) is 0 Å². The minimum Gasteiger partial charge on any atom is -0.481 e. The fourth-order valence-electron chi connectivity index (χ4n) is 13.8. The third-order valence-corrected chi connectivity index (χ3v) is 17.4. The number of hydrogen-bond donors (Lipinski definition) is 8. The molecule has 7 aliphatic rings. The Hall–Kier alpha value is -1.72. The molecule has 0 radical (unpaired) electrons. The number of fused-ring (bicyclic) bond motifs is 6. The van der Waals surface area contributed by atoms with Crippen molar-refractivity contribution in [3.05, 3.63) is 11.6 Å². The van der Waals surface area contributed by atoms with E-state index in [2.05, 4.69) is 47.6 Å². The Bertz CT molecular complexity index is 1550. The quantitative estimate of drug-likeness (QED) is 0.110. The number of carbonyl (C=O) groups is 2. The molecule has 8 N–H and O–H groups in total. The number of rotatable bonds is 6. The van der Waals surface area contributed by atoms with E-state index < -0.39 is 102 Å². The Balaban J connectivity index is 1.20. The predicted molar refractivity (Wildman–Crippen MR) is 198 cm³/mol. The molecule has 318 valence electrons. The van der Waals surface area contributed by atoms with E-state index in [1.54, 1.807) is 6.92 Å². The van der Waals surface area contributed by atoms with Crippen molar-refractivity contribution in [1.82, 2.24) is 0 Å². The van der Waals surface area contributed by atoms with Crippen LogP contribution in [0.4, 0.5) is 0 Å². The van der Waals surface area contributed by atoms with Crippen molar-refractivity contribution in [1.29, 1.82) is 0 Å².